The van der Waals surface area contributed by atoms with Crippen molar-refractivity contribution in [2.75, 3.05) is 6.54 Å². The fraction of sp³-hybridized carbons (Fsp3) is 0.200. The van der Waals surface area contributed by atoms with Gasteiger partial charge in [0.25, 0.3) is 5.69 Å². The molecule has 0 amide bonds. The quantitative estimate of drug-likeness (QED) is 0.654. The van der Waals surface area contributed by atoms with Gasteiger partial charge in [0.2, 0.25) is 10.0 Å². The van der Waals surface area contributed by atoms with Crippen LogP contribution < -0.4 is 4.72 Å². The fourth-order valence-corrected chi connectivity index (χ4v) is 3.33. The van der Waals surface area contributed by atoms with E-state index in [1.165, 1.54) is 12.1 Å². The van der Waals surface area contributed by atoms with E-state index < -0.39 is 14.9 Å². The number of benzene rings is 2. The van der Waals surface area contributed by atoms with Gasteiger partial charge in [-0.2, -0.15) is 0 Å². The number of aryl methyl sites for hydroxylation is 1. The maximum Gasteiger partial charge on any atom is 0.269 e. The predicted octanol–water partition coefficient (Wildman–Crippen LogP) is 2.42. The Hall–Kier alpha value is -2.25. The monoisotopic (exact) mass is 320 g/mol. The van der Waals surface area contributed by atoms with Crippen LogP contribution in [0.2, 0.25) is 0 Å². The summed E-state index contributed by atoms with van der Waals surface area (Å²) >= 11 is 0. The number of hydrogen-bond acceptors (Lipinski definition) is 4. The molecule has 0 atom stereocenters. The number of nitro benzene ring substituents is 1. The highest BCUT2D eigenvalue weighted by molar-refractivity contribution is 7.89. The van der Waals surface area contributed by atoms with E-state index in [4.69, 9.17) is 0 Å². The highest BCUT2D eigenvalue weighted by Gasteiger charge is 2.15. The first kappa shape index (κ1) is 16.1. The van der Waals surface area contributed by atoms with Crippen LogP contribution in [-0.4, -0.2) is 19.9 Å². The third kappa shape index (κ3) is 3.90. The highest BCUT2D eigenvalue weighted by atomic mass is 32.2. The summed E-state index contributed by atoms with van der Waals surface area (Å²) in [6.07, 6.45) is 0.461. The van der Waals surface area contributed by atoms with E-state index in [2.05, 4.69) is 4.72 Å². The minimum absolute atomic E-state index is 0.0178. The van der Waals surface area contributed by atoms with Gasteiger partial charge in [-0.1, -0.05) is 30.3 Å². The number of nitrogens with one attached hydrogen (secondary N) is 1. The number of nitro groups is 1. The van der Waals surface area contributed by atoms with Crippen LogP contribution in [0.1, 0.15) is 11.1 Å². The van der Waals surface area contributed by atoms with Crippen LogP contribution in [0.15, 0.2) is 53.4 Å². The zero-order chi connectivity index (χ0) is 16.2. The number of rotatable bonds is 6. The third-order valence-corrected chi connectivity index (χ3v) is 4.86. The van der Waals surface area contributed by atoms with Gasteiger partial charge in [0.1, 0.15) is 0 Å². The van der Waals surface area contributed by atoms with Crippen LogP contribution in [0.5, 0.6) is 0 Å². The summed E-state index contributed by atoms with van der Waals surface area (Å²) in [5, 5.41) is 10.6. The van der Waals surface area contributed by atoms with E-state index in [-0.39, 0.29) is 17.1 Å². The van der Waals surface area contributed by atoms with Crippen molar-refractivity contribution in [1.29, 1.82) is 0 Å². The molecular formula is C15H16N2O4S. The Balaban J connectivity index is 1.98. The number of hydrogen-bond donors (Lipinski definition) is 1. The van der Waals surface area contributed by atoms with Crippen LogP contribution in [0.25, 0.3) is 0 Å². The van der Waals surface area contributed by atoms with Gasteiger partial charge in [-0.05, 0) is 30.5 Å². The topological polar surface area (TPSA) is 89.3 Å². The maximum atomic E-state index is 12.2. The van der Waals surface area contributed by atoms with E-state index in [0.717, 1.165) is 5.56 Å². The van der Waals surface area contributed by atoms with E-state index in [0.29, 0.717) is 12.0 Å². The van der Waals surface area contributed by atoms with E-state index in [1.54, 1.807) is 43.3 Å². The summed E-state index contributed by atoms with van der Waals surface area (Å²) in [4.78, 5) is 10.4. The van der Waals surface area contributed by atoms with E-state index in [1.807, 2.05) is 0 Å². The average molecular weight is 320 g/mol. The number of nitrogens with zero attached hydrogens (tertiary/aromatic N) is 1. The summed E-state index contributed by atoms with van der Waals surface area (Å²) in [6.45, 7) is 1.97. The van der Waals surface area contributed by atoms with Crippen molar-refractivity contribution < 1.29 is 13.3 Å². The molecule has 0 aliphatic heterocycles. The van der Waals surface area contributed by atoms with Crippen molar-refractivity contribution in [3.8, 4) is 0 Å². The average Bonchev–Trinajstić information content (AvgIpc) is 2.48. The molecule has 0 aliphatic rings. The first-order chi connectivity index (χ1) is 10.4. The van der Waals surface area contributed by atoms with Gasteiger partial charge in [-0.25, -0.2) is 13.1 Å². The van der Waals surface area contributed by atoms with E-state index >= 15 is 0 Å². The molecule has 0 radical (unpaired) electrons. The second-order valence-corrected chi connectivity index (χ2v) is 6.57. The van der Waals surface area contributed by atoms with Crippen molar-refractivity contribution >= 4 is 15.7 Å². The minimum atomic E-state index is -3.54. The van der Waals surface area contributed by atoms with Crippen LogP contribution in [-0.2, 0) is 16.4 Å². The predicted molar refractivity (Wildman–Crippen MR) is 83.2 cm³/mol. The molecule has 0 fully saturated rings. The molecule has 22 heavy (non-hydrogen) atoms. The molecule has 0 saturated carbocycles. The van der Waals surface area contributed by atoms with Gasteiger partial charge in [0, 0.05) is 18.7 Å². The summed E-state index contributed by atoms with van der Waals surface area (Å²) in [6, 6.07) is 12.8. The van der Waals surface area contributed by atoms with Gasteiger partial charge in [0.15, 0.2) is 0 Å². The molecule has 0 aliphatic carbocycles. The molecule has 2 rings (SSSR count). The maximum absolute atomic E-state index is 12.2. The van der Waals surface area contributed by atoms with Crippen LogP contribution >= 0.6 is 0 Å². The Labute approximate surface area is 129 Å². The van der Waals surface area contributed by atoms with Crippen LogP contribution in [0, 0.1) is 17.0 Å². The highest BCUT2D eigenvalue weighted by Crippen LogP contribution is 2.14. The Kier molecular flexibility index (Phi) is 4.89. The standard InChI is InChI=1S/C15H16N2O4S/c1-12-4-2-3-5-15(12)22(20,21)16-11-10-13-6-8-14(9-7-13)17(18)19/h2-9,16H,10-11H2,1H3. The van der Waals surface area contributed by atoms with Gasteiger partial charge >= 0.3 is 0 Å². The molecule has 0 saturated heterocycles. The second kappa shape index (κ2) is 6.67. The minimum Gasteiger partial charge on any atom is -0.258 e. The van der Waals surface area contributed by atoms with Crippen molar-refractivity contribution in [1.82, 2.24) is 4.72 Å². The molecule has 7 heteroatoms. The molecule has 1 N–H and O–H groups in total. The molecule has 6 nitrogen and oxygen atoms in total. The molecule has 0 bridgehead atoms. The van der Waals surface area contributed by atoms with Gasteiger partial charge in [0.05, 0.1) is 9.82 Å². The van der Waals surface area contributed by atoms with Crippen molar-refractivity contribution in [3.05, 3.63) is 69.8 Å². The fourth-order valence-electron chi connectivity index (χ4n) is 2.05. The summed E-state index contributed by atoms with van der Waals surface area (Å²) < 4.78 is 26.9. The smallest absolute Gasteiger partial charge is 0.258 e. The molecule has 0 aromatic heterocycles. The normalized spacial score (nSPS) is 11.3. The summed E-state index contributed by atoms with van der Waals surface area (Å²) in [5.74, 6) is 0. The zero-order valence-corrected chi connectivity index (χ0v) is 12.8. The molecule has 2 aromatic rings. The molecule has 2 aromatic carbocycles. The first-order valence-corrected chi connectivity index (χ1v) is 8.17. The summed E-state index contributed by atoms with van der Waals surface area (Å²) in [5.41, 5.74) is 1.53. The molecule has 116 valence electrons. The Morgan fingerprint density at radius 2 is 1.73 bits per heavy atom. The lowest BCUT2D eigenvalue weighted by molar-refractivity contribution is -0.384. The van der Waals surface area contributed by atoms with Crippen molar-refractivity contribution in [2.45, 2.75) is 18.2 Å². The lowest BCUT2D eigenvalue weighted by Crippen LogP contribution is -2.26. The third-order valence-electron chi connectivity index (χ3n) is 3.24. The molecular weight excluding hydrogens is 304 g/mol. The zero-order valence-electron chi connectivity index (χ0n) is 12.0. The van der Waals surface area contributed by atoms with Gasteiger partial charge < -0.3 is 0 Å². The number of sulfonamides is 1. The summed E-state index contributed by atoms with van der Waals surface area (Å²) in [7, 11) is -3.54. The first-order valence-electron chi connectivity index (χ1n) is 6.69. The van der Waals surface area contributed by atoms with Crippen molar-refractivity contribution in [3.63, 3.8) is 0 Å². The lowest BCUT2D eigenvalue weighted by atomic mass is 10.1. The van der Waals surface area contributed by atoms with Crippen LogP contribution in [0.4, 0.5) is 5.69 Å². The Morgan fingerprint density at radius 3 is 2.32 bits per heavy atom. The molecule has 0 unspecified atom stereocenters. The Bertz CT molecular complexity index is 770. The Morgan fingerprint density at radius 1 is 1.09 bits per heavy atom. The largest absolute Gasteiger partial charge is 0.269 e. The molecule has 0 heterocycles. The van der Waals surface area contributed by atoms with Gasteiger partial charge in [-0.3, -0.25) is 10.1 Å². The number of non-ortho nitro benzene ring substituents is 1. The second-order valence-electron chi connectivity index (χ2n) is 4.84. The SMILES string of the molecule is Cc1ccccc1S(=O)(=O)NCCc1ccc([N+](=O)[O-])cc1. The lowest BCUT2D eigenvalue weighted by Gasteiger charge is -2.09. The molecule has 0 spiro atoms. The van der Waals surface area contributed by atoms with Crippen LogP contribution in [0.3, 0.4) is 0 Å². The van der Waals surface area contributed by atoms with Crippen molar-refractivity contribution in [2.24, 2.45) is 0 Å². The van der Waals surface area contributed by atoms with Gasteiger partial charge in [-0.15, -0.1) is 0 Å². The van der Waals surface area contributed by atoms with E-state index in [9.17, 15) is 18.5 Å².